The number of carbonyl (C=O) groups is 1. The molecule has 0 unspecified atom stereocenters. The number of para-hydroxylation sites is 1. The van der Waals surface area contributed by atoms with Crippen LogP contribution in [0.4, 0.5) is 18.9 Å². The summed E-state index contributed by atoms with van der Waals surface area (Å²) in [7, 11) is 0. The molecule has 0 aliphatic heterocycles. The summed E-state index contributed by atoms with van der Waals surface area (Å²) in [6, 6.07) is 12.7. The van der Waals surface area contributed by atoms with Crippen LogP contribution in [0.25, 0.3) is 0 Å². The second-order valence-corrected chi connectivity index (χ2v) is 4.67. The molecule has 0 aromatic heterocycles. The first-order chi connectivity index (χ1) is 9.89. The molecule has 0 fully saturated rings. The van der Waals surface area contributed by atoms with E-state index in [2.05, 4.69) is 0 Å². The van der Waals surface area contributed by atoms with Gasteiger partial charge in [-0.1, -0.05) is 36.4 Å². The average molecular weight is 293 g/mol. The van der Waals surface area contributed by atoms with E-state index < -0.39 is 17.4 Å². The summed E-state index contributed by atoms with van der Waals surface area (Å²) in [5.41, 5.74) is 4.92. The van der Waals surface area contributed by atoms with Crippen molar-refractivity contribution < 1.29 is 18.0 Å². The van der Waals surface area contributed by atoms with E-state index in [4.69, 9.17) is 5.73 Å². The largest absolute Gasteiger partial charge is 0.418 e. The average Bonchev–Trinajstić information content (AvgIpc) is 2.45. The first-order valence-corrected chi connectivity index (χ1v) is 6.42. The topological polar surface area (TPSA) is 43.1 Å². The van der Waals surface area contributed by atoms with Gasteiger partial charge in [-0.05, 0) is 24.1 Å². The van der Waals surface area contributed by atoms with Crippen LogP contribution in [0.5, 0.6) is 0 Å². The van der Waals surface area contributed by atoms with Crippen molar-refractivity contribution in [2.24, 2.45) is 0 Å². The zero-order valence-corrected chi connectivity index (χ0v) is 11.2. The predicted octanol–water partition coefficient (Wildman–Crippen LogP) is 4.10. The number of carbonyl (C=O) groups excluding carboxylic acids is 1. The van der Waals surface area contributed by atoms with Crippen LogP contribution in [0, 0.1) is 0 Å². The summed E-state index contributed by atoms with van der Waals surface area (Å²) in [5.74, 6) is -0.387. The number of nitrogen functional groups attached to an aromatic ring is 1. The van der Waals surface area contributed by atoms with Gasteiger partial charge in [-0.25, -0.2) is 0 Å². The third-order valence-corrected chi connectivity index (χ3v) is 3.20. The van der Waals surface area contributed by atoms with Gasteiger partial charge in [-0.3, -0.25) is 4.79 Å². The quantitative estimate of drug-likeness (QED) is 0.681. The van der Waals surface area contributed by atoms with Crippen molar-refractivity contribution in [1.82, 2.24) is 0 Å². The second-order valence-electron chi connectivity index (χ2n) is 4.67. The fourth-order valence-electron chi connectivity index (χ4n) is 2.09. The number of ketones is 1. The van der Waals surface area contributed by atoms with Crippen LogP contribution in [0.1, 0.15) is 27.9 Å². The van der Waals surface area contributed by atoms with E-state index >= 15 is 0 Å². The van der Waals surface area contributed by atoms with Crippen LogP contribution in [0.15, 0.2) is 48.5 Å². The zero-order valence-electron chi connectivity index (χ0n) is 11.2. The van der Waals surface area contributed by atoms with E-state index in [-0.39, 0.29) is 17.8 Å². The highest BCUT2D eigenvalue weighted by Gasteiger charge is 2.34. The lowest BCUT2D eigenvalue weighted by molar-refractivity contribution is -0.136. The van der Waals surface area contributed by atoms with E-state index in [1.807, 2.05) is 30.3 Å². The summed E-state index contributed by atoms with van der Waals surface area (Å²) in [4.78, 5) is 12.1. The molecule has 2 nitrogen and oxygen atoms in total. The predicted molar refractivity (Wildman–Crippen MR) is 74.9 cm³/mol. The lowest BCUT2D eigenvalue weighted by atomic mass is 9.99. The van der Waals surface area contributed by atoms with Gasteiger partial charge in [0.25, 0.3) is 0 Å². The molecule has 2 aromatic carbocycles. The Kier molecular flexibility index (Phi) is 4.31. The van der Waals surface area contributed by atoms with Crippen LogP contribution in [0.3, 0.4) is 0 Å². The number of hydrogen-bond acceptors (Lipinski definition) is 2. The number of anilines is 1. The number of Topliss-reactive ketones (excluding diaryl/α,β-unsaturated/α-hetero) is 1. The van der Waals surface area contributed by atoms with Gasteiger partial charge >= 0.3 is 6.18 Å². The van der Waals surface area contributed by atoms with Crippen LogP contribution in [-0.2, 0) is 12.6 Å². The molecule has 0 aliphatic carbocycles. The summed E-state index contributed by atoms with van der Waals surface area (Å²) in [6.45, 7) is 0. The van der Waals surface area contributed by atoms with Crippen molar-refractivity contribution in [3.05, 3.63) is 65.2 Å². The van der Waals surface area contributed by atoms with Gasteiger partial charge < -0.3 is 5.73 Å². The van der Waals surface area contributed by atoms with E-state index in [0.29, 0.717) is 6.42 Å². The van der Waals surface area contributed by atoms with Gasteiger partial charge in [0.2, 0.25) is 0 Å². The Morgan fingerprint density at radius 2 is 1.67 bits per heavy atom. The first-order valence-electron chi connectivity index (χ1n) is 6.42. The van der Waals surface area contributed by atoms with Gasteiger partial charge in [0.05, 0.1) is 11.3 Å². The maximum atomic E-state index is 12.8. The van der Waals surface area contributed by atoms with Crippen molar-refractivity contribution >= 4 is 11.5 Å². The Bertz CT molecular complexity index is 636. The molecule has 0 saturated heterocycles. The van der Waals surface area contributed by atoms with E-state index in [1.165, 1.54) is 12.1 Å². The van der Waals surface area contributed by atoms with Gasteiger partial charge in [0.15, 0.2) is 5.78 Å². The summed E-state index contributed by atoms with van der Waals surface area (Å²) in [5, 5.41) is 0. The minimum Gasteiger partial charge on any atom is -0.398 e. The number of halogens is 3. The monoisotopic (exact) mass is 293 g/mol. The fourth-order valence-corrected chi connectivity index (χ4v) is 2.09. The number of hydrogen-bond donors (Lipinski definition) is 1. The third-order valence-electron chi connectivity index (χ3n) is 3.20. The van der Waals surface area contributed by atoms with E-state index in [1.54, 1.807) is 0 Å². The first kappa shape index (κ1) is 15.1. The molecular formula is C16H14F3NO. The van der Waals surface area contributed by atoms with Crippen molar-refractivity contribution in [3.8, 4) is 0 Å². The standard InChI is InChI=1S/C16H14F3NO/c17-16(18,19)13-8-4-7-12(15(13)20)14(21)10-9-11-5-2-1-3-6-11/h1-8H,9-10,20H2. The summed E-state index contributed by atoms with van der Waals surface area (Å²) in [6.07, 6.45) is -3.97. The Morgan fingerprint density at radius 1 is 1.00 bits per heavy atom. The SMILES string of the molecule is Nc1c(C(=O)CCc2ccccc2)cccc1C(F)(F)F. The molecule has 0 saturated carbocycles. The molecule has 0 amide bonds. The van der Waals surface area contributed by atoms with Gasteiger partial charge in [-0.2, -0.15) is 13.2 Å². The molecule has 0 spiro atoms. The number of nitrogens with two attached hydrogens (primary N) is 1. The Balaban J connectivity index is 2.17. The molecule has 0 atom stereocenters. The summed E-state index contributed by atoms with van der Waals surface area (Å²) < 4.78 is 38.3. The number of alkyl halides is 3. The molecule has 2 rings (SSSR count). The number of aryl methyl sites for hydroxylation is 1. The molecule has 0 radical (unpaired) electrons. The lowest BCUT2D eigenvalue weighted by Crippen LogP contribution is -2.13. The van der Waals surface area contributed by atoms with Crippen molar-refractivity contribution in [2.45, 2.75) is 19.0 Å². The highest BCUT2D eigenvalue weighted by molar-refractivity contribution is 6.01. The second kappa shape index (κ2) is 5.99. The molecule has 21 heavy (non-hydrogen) atoms. The highest BCUT2D eigenvalue weighted by Crippen LogP contribution is 2.35. The molecule has 2 aromatic rings. The zero-order chi connectivity index (χ0) is 15.5. The Labute approximate surface area is 120 Å². The number of rotatable bonds is 4. The normalized spacial score (nSPS) is 11.4. The third kappa shape index (κ3) is 3.62. The minimum atomic E-state index is -4.56. The van der Waals surface area contributed by atoms with Gasteiger partial charge in [0, 0.05) is 12.0 Å². The molecule has 2 N–H and O–H groups in total. The van der Waals surface area contributed by atoms with Crippen molar-refractivity contribution in [1.29, 1.82) is 0 Å². The maximum Gasteiger partial charge on any atom is 0.418 e. The van der Waals surface area contributed by atoms with Gasteiger partial charge in [0.1, 0.15) is 0 Å². The molecule has 5 heteroatoms. The van der Waals surface area contributed by atoms with Crippen LogP contribution >= 0.6 is 0 Å². The fraction of sp³-hybridized carbons (Fsp3) is 0.188. The minimum absolute atomic E-state index is 0.0687. The Hall–Kier alpha value is -2.30. The summed E-state index contributed by atoms with van der Waals surface area (Å²) >= 11 is 0. The maximum absolute atomic E-state index is 12.8. The molecule has 0 heterocycles. The van der Waals surface area contributed by atoms with Crippen LogP contribution in [0.2, 0.25) is 0 Å². The molecule has 110 valence electrons. The van der Waals surface area contributed by atoms with Gasteiger partial charge in [-0.15, -0.1) is 0 Å². The molecule has 0 bridgehead atoms. The molecular weight excluding hydrogens is 279 g/mol. The number of benzene rings is 2. The molecule has 0 aliphatic rings. The van der Waals surface area contributed by atoms with Crippen LogP contribution < -0.4 is 5.73 Å². The van der Waals surface area contributed by atoms with Crippen molar-refractivity contribution in [3.63, 3.8) is 0 Å². The Morgan fingerprint density at radius 3 is 2.29 bits per heavy atom. The van der Waals surface area contributed by atoms with Crippen LogP contribution in [-0.4, -0.2) is 5.78 Å². The smallest absolute Gasteiger partial charge is 0.398 e. The van der Waals surface area contributed by atoms with E-state index in [9.17, 15) is 18.0 Å². The highest BCUT2D eigenvalue weighted by atomic mass is 19.4. The lowest BCUT2D eigenvalue weighted by Gasteiger charge is -2.12. The van der Waals surface area contributed by atoms with E-state index in [0.717, 1.165) is 11.6 Å². The van der Waals surface area contributed by atoms with Crippen molar-refractivity contribution in [2.75, 3.05) is 5.73 Å².